The van der Waals surface area contributed by atoms with Crippen LogP contribution in [0.2, 0.25) is 0 Å². The average Bonchev–Trinajstić information content (AvgIpc) is 3.22. The van der Waals surface area contributed by atoms with Crippen molar-refractivity contribution in [1.82, 2.24) is 19.8 Å². The summed E-state index contributed by atoms with van der Waals surface area (Å²) in [5, 5.41) is 3.52. The van der Waals surface area contributed by atoms with Crippen molar-refractivity contribution < 1.29 is 9.53 Å². The molecule has 0 spiro atoms. The number of unbranched alkanes of at least 4 members (excludes halogenated alkanes) is 4. The summed E-state index contributed by atoms with van der Waals surface area (Å²) >= 11 is 0. The second-order valence-electron chi connectivity index (χ2n) is 7.59. The van der Waals surface area contributed by atoms with Crippen LogP contribution in [0.15, 0.2) is 23.7 Å². The number of nitrogens with one attached hydrogen (secondary N) is 1. The van der Waals surface area contributed by atoms with Crippen molar-refractivity contribution in [3.8, 4) is 0 Å². The summed E-state index contributed by atoms with van der Waals surface area (Å²) in [5.41, 5.74) is 0. The Hall–Kier alpha value is -1.32. The fourth-order valence-corrected chi connectivity index (χ4v) is 3.79. The zero-order chi connectivity index (χ0) is 20.2. The Morgan fingerprint density at radius 2 is 2.03 bits per heavy atom. The third kappa shape index (κ3) is 8.92. The van der Waals surface area contributed by atoms with Crippen molar-refractivity contribution in [2.75, 3.05) is 33.3 Å². The highest BCUT2D eigenvalue weighted by atomic mass is 127. The smallest absolute Gasteiger partial charge is 0.305 e. The molecule has 1 aliphatic heterocycles. The van der Waals surface area contributed by atoms with E-state index in [0.29, 0.717) is 25.0 Å². The molecule has 2 heterocycles. The molecule has 2 unspecified atom stereocenters. The minimum absolute atomic E-state index is 0. The van der Waals surface area contributed by atoms with Gasteiger partial charge in [0.05, 0.1) is 19.0 Å². The van der Waals surface area contributed by atoms with Gasteiger partial charge in [-0.3, -0.25) is 9.79 Å². The van der Waals surface area contributed by atoms with Crippen molar-refractivity contribution in [3.63, 3.8) is 0 Å². The van der Waals surface area contributed by atoms with E-state index in [1.807, 2.05) is 26.5 Å². The molecule has 0 radical (unpaired) electrons. The SMILES string of the molecule is CCOC(=O)CCCCCCCNC(=NC)N1CCC(C)C(n2ccnc2)C1.I. The van der Waals surface area contributed by atoms with E-state index in [-0.39, 0.29) is 29.9 Å². The highest BCUT2D eigenvalue weighted by Crippen LogP contribution is 2.27. The van der Waals surface area contributed by atoms with Gasteiger partial charge in [0.25, 0.3) is 0 Å². The van der Waals surface area contributed by atoms with E-state index in [9.17, 15) is 4.79 Å². The highest BCUT2D eigenvalue weighted by Gasteiger charge is 2.28. The quantitative estimate of drug-likeness (QED) is 0.167. The summed E-state index contributed by atoms with van der Waals surface area (Å²) in [6.45, 7) is 7.59. The molecule has 2 rings (SSSR count). The zero-order valence-corrected chi connectivity index (χ0v) is 20.5. The number of likely N-dealkylation sites (tertiary alicyclic amines) is 1. The Kier molecular flexibility index (Phi) is 13.0. The molecule has 1 aromatic heterocycles. The van der Waals surface area contributed by atoms with Crippen molar-refractivity contribution in [3.05, 3.63) is 18.7 Å². The van der Waals surface area contributed by atoms with Crippen LogP contribution in [-0.2, 0) is 9.53 Å². The molecule has 166 valence electrons. The van der Waals surface area contributed by atoms with Gasteiger partial charge < -0.3 is 19.5 Å². The number of hydrogen-bond donors (Lipinski definition) is 1. The maximum atomic E-state index is 11.3. The lowest BCUT2D eigenvalue weighted by Gasteiger charge is -2.39. The fourth-order valence-electron chi connectivity index (χ4n) is 3.79. The summed E-state index contributed by atoms with van der Waals surface area (Å²) in [5.74, 6) is 1.57. The van der Waals surface area contributed by atoms with Crippen LogP contribution in [0.4, 0.5) is 0 Å². The number of carbonyl (C=O) groups excluding carboxylic acids is 1. The summed E-state index contributed by atoms with van der Waals surface area (Å²) in [4.78, 5) is 22.4. The number of imidazole rings is 1. The van der Waals surface area contributed by atoms with E-state index in [1.165, 1.54) is 6.42 Å². The van der Waals surface area contributed by atoms with Gasteiger partial charge in [0.15, 0.2) is 5.96 Å². The van der Waals surface area contributed by atoms with Crippen molar-refractivity contribution in [1.29, 1.82) is 0 Å². The molecule has 1 aliphatic rings. The van der Waals surface area contributed by atoms with Gasteiger partial charge >= 0.3 is 5.97 Å². The molecule has 7 nitrogen and oxygen atoms in total. The van der Waals surface area contributed by atoms with Gasteiger partial charge in [0.2, 0.25) is 0 Å². The number of esters is 1. The lowest BCUT2D eigenvalue weighted by molar-refractivity contribution is -0.143. The van der Waals surface area contributed by atoms with Crippen LogP contribution >= 0.6 is 24.0 Å². The fraction of sp³-hybridized carbons (Fsp3) is 0.762. The predicted molar refractivity (Wildman–Crippen MR) is 128 cm³/mol. The van der Waals surface area contributed by atoms with Gasteiger partial charge in [-0.2, -0.15) is 0 Å². The number of hydrogen-bond acceptors (Lipinski definition) is 4. The molecule has 0 aliphatic carbocycles. The zero-order valence-electron chi connectivity index (χ0n) is 18.2. The van der Waals surface area contributed by atoms with Crippen LogP contribution in [0.25, 0.3) is 0 Å². The monoisotopic (exact) mass is 519 g/mol. The molecular formula is C21H38IN5O2. The van der Waals surface area contributed by atoms with E-state index in [1.54, 1.807) is 0 Å². The van der Waals surface area contributed by atoms with Crippen LogP contribution in [0.3, 0.4) is 0 Å². The van der Waals surface area contributed by atoms with Gasteiger partial charge in [-0.25, -0.2) is 4.98 Å². The maximum absolute atomic E-state index is 11.3. The van der Waals surface area contributed by atoms with Crippen molar-refractivity contribution in [2.24, 2.45) is 10.9 Å². The number of halogens is 1. The van der Waals surface area contributed by atoms with Crippen molar-refractivity contribution in [2.45, 2.75) is 64.8 Å². The predicted octanol–water partition coefficient (Wildman–Crippen LogP) is 3.86. The van der Waals surface area contributed by atoms with Gasteiger partial charge in [-0.1, -0.05) is 26.2 Å². The lowest BCUT2D eigenvalue weighted by atomic mass is 9.93. The van der Waals surface area contributed by atoms with Crippen LogP contribution in [0, 0.1) is 5.92 Å². The van der Waals surface area contributed by atoms with E-state index in [0.717, 1.165) is 57.7 Å². The Bertz CT molecular complexity index is 594. The van der Waals surface area contributed by atoms with Gasteiger partial charge in [0.1, 0.15) is 0 Å². The number of carbonyl (C=O) groups is 1. The normalized spacial score (nSPS) is 19.6. The second kappa shape index (κ2) is 14.6. The third-order valence-corrected chi connectivity index (χ3v) is 5.48. The van der Waals surface area contributed by atoms with Crippen LogP contribution in [-0.4, -0.2) is 59.7 Å². The molecule has 2 atom stereocenters. The molecule has 8 heteroatoms. The van der Waals surface area contributed by atoms with Gasteiger partial charge in [-0.15, -0.1) is 24.0 Å². The summed E-state index contributed by atoms with van der Waals surface area (Å²) in [6, 6.07) is 0.439. The highest BCUT2D eigenvalue weighted by molar-refractivity contribution is 14.0. The van der Waals surface area contributed by atoms with E-state index in [4.69, 9.17) is 4.74 Å². The van der Waals surface area contributed by atoms with Gasteiger partial charge in [-0.05, 0) is 32.1 Å². The van der Waals surface area contributed by atoms with Crippen LogP contribution in [0.1, 0.15) is 64.8 Å². The number of aromatic nitrogens is 2. The topological polar surface area (TPSA) is 71.8 Å². The Morgan fingerprint density at radius 1 is 1.28 bits per heavy atom. The lowest BCUT2D eigenvalue weighted by Crippen LogP contribution is -2.49. The van der Waals surface area contributed by atoms with E-state index < -0.39 is 0 Å². The summed E-state index contributed by atoms with van der Waals surface area (Å²) in [6.07, 6.45) is 13.0. The number of ether oxygens (including phenoxy) is 1. The van der Waals surface area contributed by atoms with E-state index >= 15 is 0 Å². The largest absolute Gasteiger partial charge is 0.466 e. The number of guanidine groups is 1. The first kappa shape index (κ1) is 25.7. The number of rotatable bonds is 10. The molecule has 1 aromatic rings. The molecule has 0 saturated carbocycles. The number of piperidine rings is 1. The molecule has 0 bridgehead atoms. The second-order valence-corrected chi connectivity index (χ2v) is 7.59. The molecule has 0 aromatic carbocycles. The Labute approximate surface area is 192 Å². The average molecular weight is 519 g/mol. The molecule has 0 amide bonds. The molecule has 29 heavy (non-hydrogen) atoms. The standard InChI is InChI=1S/C21H37N5O2.HI/c1-4-28-20(27)10-8-6-5-7-9-12-24-21(22-3)25-14-11-18(2)19(16-25)26-15-13-23-17-26;/h13,15,17-19H,4-12,14,16H2,1-3H3,(H,22,24);1H. The van der Waals surface area contributed by atoms with Crippen LogP contribution in [0.5, 0.6) is 0 Å². The minimum Gasteiger partial charge on any atom is -0.466 e. The molecule has 1 fully saturated rings. The van der Waals surface area contributed by atoms with Crippen molar-refractivity contribution >= 4 is 35.9 Å². The molecule has 1 N–H and O–H groups in total. The first-order valence-corrected chi connectivity index (χ1v) is 10.7. The third-order valence-electron chi connectivity index (χ3n) is 5.48. The Balaban J connectivity index is 0.00000420. The number of nitrogens with zero attached hydrogens (tertiary/aromatic N) is 4. The molecular weight excluding hydrogens is 481 g/mol. The first-order chi connectivity index (χ1) is 13.7. The van der Waals surface area contributed by atoms with Gasteiger partial charge in [0, 0.05) is 45.5 Å². The maximum Gasteiger partial charge on any atom is 0.305 e. The Morgan fingerprint density at radius 3 is 2.72 bits per heavy atom. The summed E-state index contributed by atoms with van der Waals surface area (Å²) in [7, 11) is 1.86. The van der Waals surface area contributed by atoms with Crippen LogP contribution < -0.4 is 5.32 Å². The number of aliphatic imine (C=N–C) groups is 1. The summed E-state index contributed by atoms with van der Waals surface area (Å²) < 4.78 is 7.17. The first-order valence-electron chi connectivity index (χ1n) is 10.7. The van der Waals surface area contributed by atoms with E-state index in [2.05, 4.69) is 37.9 Å². The molecule has 1 saturated heterocycles. The minimum atomic E-state index is -0.0715.